The van der Waals surface area contributed by atoms with Crippen molar-refractivity contribution in [1.29, 1.82) is 0 Å². The molecular formula is C7H12N3O+. The van der Waals surface area contributed by atoms with Crippen molar-refractivity contribution in [3.05, 3.63) is 17.6 Å². The maximum atomic E-state index is 8.80. The molecule has 0 radical (unpaired) electrons. The highest BCUT2D eigenvalue weighted by atomic mass is 16.3. The number of aromatic nitrogens is 2. The van der Waals surface area contributed by atoms with Gasteiger partial charge >= 0.3 is 0 Å². The zero-order valence-corrected chi connectivity index (χ0v) is 6.70. The molecule has 0 atom stereocenters. The second-order valence-electron chi connectivity index (χ2n) is 2.47. The summed E-state index contributed by atoms with van der Waals surface area (Å²) in [5.41, 5.74) is 6.18. The van der Waals surface area contributed by atoms with Crippen molar-refractivity contribution >= 4 is 5.82 Å². The normalized spacial score (nSPS) is 10.1. The second kappa shape index (κ2) is 2.84. The van der Waals surface area contributed by atoms with Crippen LogP contribution in [0.1, 0.15) is 11.4 Å². The molecule has 0 saturated heterocycles. The van der Waals surface area contributed by atoms with Crippen molar-refractivity contribution in [1.82, 2.24) is 4.98 Å². The van der Waals surface area contributed by atoms with Crippen LogP contribution in [0.25, 0.3) is 0 Å². The molecule has 3 N–H and O–H groups in total. The van der Waals surface area contributed by atoms with E-state index in [1.165, 1.54) is 0 Å². The lowest BCUT2D eigenvalue weighted by atomic mass is 10.3. The van der Waals surface area contributed by atoms with Crippen LogP contribution in [-0.4, -0.2) is 10.1 Å². The van der Waals surface area contributed by atoms with Gasteiger partial charge in [0, 0.05) is 6.92 Å². The number of anilines is 1. The van der Waals surface area contributed by atoms with E-state index in [1.54, 1.807) is 6.20 Å². The average molecular weight is 154 g/mol. The Balaban J connectivity index is 3.21. The first-order valence-corrected chi connectivity index (χ1v) is 3.37. The van der Waals surface area contributed by atoms with Gasteiger partial charge < -0.3 is 10.8 Å². The van der Waals surface area contributed by atoms with Gasteiger partial charge in [0.15, 0.2) is 0 Å². The van der Waals surface area contributed by atoms with Crippen LogP contribution in [0, 0.1) is 6.92 Å². The topological polar surface area (TPSA) is 63.0 Å². The second-order valence-corrected chi connectivity index (χ2v) is 2.47. The lowest BCUT2D eigenvalue weighted by Gasteiger charge is -1.98. The average Bonchev–Trinajstić information content (AvgIpc) is 1.97. The number of aliphatic hydroxyl groups excluding tert-OH is 1. The van der Waals surface area contributed by atoms with Gasteiger partial charge in [0.05, 0.1) is 19.2 Å². The molecule has 0 aromatic carbocycles. The Labute approximate surface area is 65.3 Å². The van der Waals surface area contributed by atoms with Crippen molar-refractivity contribution in [2.45, 2.75) is 13.5 Å². The van der Waals surface area contributed by atoms with Gasteiger partial charge in [-0.1, -0.05) is 0 Å². The minimum atomic E-state index is -0.0625. The zero-order chi connectivity index (χ0) is 8.43. The summed E-state index contributed by atoms with van der Waals surface area (Å²) in [6, 6.07) is 0. The van der Waals surface area contributed by atoms with Gasteiger partial charge in [-0.2, -0.15) is 0 Å². The van der Waals surface area contributed by atoms with Crippen molar-refractivity contribution in [2.24, 2.45) is 7.05 Å². The van der Waals surface area contributed by atoms with Gasteiger partial charge in [-0.25, -0.2) is 4.57 Å². The highest BCUT2D eigenvalue weighted by Crippen LogP contribution is 2.04. The third kappa shape index (κ3) is 1.46. The maximum Gasteiger partial charge on any atom is 0.297 e. The van der Waals surface area contributed by atoms with E-state index in [2.05, 4.69) is 4.98 Å². The first-order chi connectivity index (χ1) is 5.15. The first-order valence-electron chi connectivity index (χ1n) is 3.37. The third-order valence-corrected chi connectivity index (χ3v) is 1.64. The standard InChI is InChI=1S/C7H11N3O/c1-5-9-7(8)6(4-11)3-10(5)2/h3,8,11H,4H2,1-2H3/p+1. The number of nitrogens with two attached hydrogens (primary N) is 1. The molecule has 0 bridgehead atoms. The number of rotatable bonds is 1. The highest BCUT2D eigenvalue weighted by Gasteiger charge is 2.10. The number of hydrogen-bond acceptors (Lipinski definition) is 3. The fourth-order valence-corrected chi connectivity index (χ4v) is 0.840. The van der Waals surface area contributed by atoms with Crippen LogP contribution in [0.15, 0.2) is 6.20 Å². The van der Waals surface area contributed by atoms with Crippen LogP contribution < -0.4 is 10.3 Å². The van der Waals surface area contributed by atoms with Crippen molar-refractivity contribution in [3.8, 4) is 0 Å². The minimum absolute atomic E-state index is 0.0625. The highest BCUT2D eigenvalue weighted by molar-refractivity contribution is 5.35. The molecule has 1 heterocycles. The molecule has 1 rings (SSSR count). The Morgan fingerprint density at radius 3 is 2.91 bits per heavy atom. The van der Waals surface area contributed by atoms with Crippen LogP contribution >= 0.6 is 0 Å². The minimum Gasteiger partial charge on any atom is -0.391 e. The SMILES string of the molecule is Cc1nc(N)c(CO)c[n+]1C. The molecule has 1 aromatic heterocycles. The quantitative estimate of drug-likeness (QED) is 0.525. The molecule has 11 heavy (non-hydrogen) atoms. The molecule has 4 nitrogen and oxygen atoms in total. The monoisotopic (exact) mass is 154 g/mol. The van der Waals surface area contributed by atoms with E-state index in [4.69, 9.17) is 10.8 Å². The fraction of sp³-hybridized carbons (Fsp3) is 0.429. The zero-order valence-electron chi connectivity index (χ0n) is 6.70. The lowest BCUT2D eigenvalue weighted by Crippen LogP contribution is -2.34. The van der Waals surface area contributed by atoms with Gasteiger partial charge in [-0.15, -0.1) is 0 Å². The van der Waals surface area contributed by atoms with E-state index in [0.29, 0.717) is 11.4 Å². The molecule has 0 fully saturated rings. The summed E-state index contributed by atoms with van der Waals surface area (Å²) in [5.74, 6) is 1.24. The van der Waals surface area contributed by atoms with Crippen LogP contribution in [0.3, 0.4) is 0 Å². The number of nitrogen functional groups attached to an aromatic ring is 1. The Kier molecular flexibility index (Phi) is 2.05. The van der Waals surface area contributed by atoms with Gasteiger partial charge in [0.1, 0.15) is 6.20 Å². The van der Waals surface area contributed by atoms with Gasteiger partial charge in [-0.3, -0.25) is 0 Å². The molecular weight excluding hydrogens is 142 g/mol. The number of aliphatic hydroxyl groups is 1. The van der Waals surface area contributed by atoms with Gasteiger partial charge in [0.2, 0.25) is 5.82 Å². The number of aryl methyl sites for hydroxylation is 2. The summed E-state index contributed by atoms with van der Waals surface area (Å²) < 4.78 is 1.82. The maximum absolute atomic E-state index is 8.80. The Bertz CT molecular complexity index is 273. The molecule has 1 aromatic rings. The summed E-state index contributed by atoms with van der Waals surface area (Å²) >= 11 is 0. The summed E-state index contributed by atoms with van der Waals surface area (Å²) in [5, 5.41) is 8.80. The van der Waals surface area contributed by atoms with E-state index in [0.717, 1.165) is 5.82 Å². The molecule has 0 aliphatic heterocycles. The Hall–Kier alpha value is -1.16. The van der Waals surface area contributed by atoms with E-state index < -0.39 is 0 Å². The molecule has 60 valence electrons. The van der Waals surface area contributed by atoms with Crippen molar-refractivity contribution in [3.63, 3.8) is 0 Å². The fourth-order valence-electron chi connectivity index (χ4n) is 0.840. The molecule has 0 amide bonds. The number of hydrogen-bond donors (Lipinski definition) is 2. The predicted octanol–water partition coefficient (Wildman–Crippen LogP) is -0.711. The molecule has 0 aliphatic rings. The first kappa shape index (κ1) is 7.94. The van der Waals surface area contributed by atoms with E-state index in [-0.39, 0.29) is 6.61 Å². The molecule has 0 spiro atoms. The molecule has 4 heteroatoms. The van der Waals surface area contributed by atoms with Crippen molar-refractivity contribution < 1.29 is 9.67 Å². The third-order valence-electron chi connectivity index (χ3n) is 1.64. The molecule has 0 unspecified atom stereocenters. The summed E-state index contributed by atoms with van der Waals surface area (Å²) in [7, 11) is 1.86. The summed E-state index contributed by atoms with van der Waals surface area (Å²) in [4.78, 5) is 4.02. The van der Waals surface area contributed by atoms with E-state index in [1.807, 2.05) is 18.5 Å². The van der Waals surface area contributed by atoms with E-state index >= 15 is 0 Å². The lowest BCUT2D eigenvalue weighted by molar-refractivity contribution is -0.681. The largest absolute Gasteiger partial charge is 0.391 e. The molecule has 0 saturated carbocycles. The summed E-state index contributed by atoms with van der Waals surface area (Å²) in [6.45, 7) is 1.80. The van der Waals surface area contributed by atoms with Crippen LogP contribution in [0.4, 0.5) is 5.82 Å². The Morgan fingerprint density at radius 1 is 1.73 bits per heavy atom. The summed E-state index contributed by atoms with van der Waals surface area (Å²) in [6.07, 6.45) is 1.78. The smallest absolute Gasteiger partial charge is 0.297 e. The van der Waals surface area contributed by atoms with Crippen molar-refractivity contribution in [2.75, 3.05) is 5.73 Å². The van der Waals surface area contributed by atoms with Crippen LogP contribution in [-0.2, 0) is 13.7 Å². The van der Waals surface area contributed by atoms with Crippen LogP contribution in [0.5, 0.6) is 0 Å². The van der Waals surface area contributed by atoms with Crippen LogP contribution in [0.2, 0.25) is 0 Å². The van der Waals surface area contributed by atoms with E-state index in [9.17, 15) is 0 Å². The van der Waals surface area contributed by atoms with Gasteiger partial charge in [-0.05, 0) is 4.98 Å². The Morgan fingerprint density at radius 2 is 2.36 bits per heavy atom. The molecule has 0 aliphatic carbocycles. The van der Waals surface area contributed by atoms with Gasteiger partial charge in [0.25, 0.3) is 5.82 Å². The number of nitrogens with zero attached hydrogens (tertiary/aromatic N) is 2. The predicted molar refractivity (Wildman–Crippen MR) is 40.5 cm³/mol.